The van der Waals surface area contributed by atoms with E-state index >= 15 is 0 Å². The van der Waals surface area contributed by atoms with E-state index in [-0.39, 0.29) is 11.8 Å². The number of halogens is 2. The number of aryl methyl sites for hydroxylation is 1. The maximum Gasteiger partial charge on any atom is 0.333 e. The zero-order valence-electron chi connectivity index (χ0n) is 19.5. The number of hydrogen-bond acceptors (Lipinski definition) is 4. The third-order valence-corrected chi connectivity index (χ3v) is 5.82. The second-order valence-corrected chi connectivity index (χ2v) is 8.47. The molecule has 2 heterocycles. The number of amides is 1. The van der Waals surface area contributed by atoms with Crippen molar-refractivity contribution in [2.24, 2.45) is 0 Å². The predicted octanol–water partition coefficient (Wildman–Crippen LogP) is 5.72. The number of nitrogens with one attached hydrogen (secondary N) is 2. The van der Waals surface area contributed by atoms with Crippen LogP contribution < -0.4 is 10.6 Å². The molecule has 2 atom stereocenters. The first-order chi connectivity index (χ1) is 16.9. The fraction of sp³-hybridized carbons (Fsp3) is 0.222. The Morgan fingerprint density at radius 3 is 2.31 bits per heavy atom. The number of alkyl halides is 2. The first kappa shape index (κ1) is 24.2. The second-order valence-electron chi connectivity index (χ2n) is 8.47. The second kappa shape index (κ2) is 11.0. The van der Waals surface area contributed by atoms with Gasteiger partial charge in [-0.15, -0.1) is 0 Å². The van der Waals surface area contributed by atoms with E-state index in [1.54, 1.807) is 12.1 Å². The van der Waals surface area contributed by atoms with Crippen LogP contribution in [-0.4, -0.2) is 27.2 Å². The summed E-state index contributed by atoms with van der Waals surface area (Å²) >= 11 is 0. The van der Waals surface area contributed by atoms with Crippen LogP contribution >= 0.6 is 0 Å². The highest BCUT2D eigenvalue weighted by Gasteiger charge is 2.22. The molecule has 0 bridgehead atoms. The Morgan fingerprint density at radius 1 is 0.943 bits per heavy atom. The van der Waals surface area contributed by atoms with E-state index < -0.39 is 12.6 Å². The number of nitrogens with zero attached hydrogens (tertiary/aromatic N) is 3. The van der Waals surface area contributed by atoms with Crippen LogP contribution in [-0.2, 0) is 4.79 Å². The summed E-state index contributed by atoms with van der Waals surface area (Å²) in [5.41, 5.74) is 4.39. The van der Waals surface area contributed by atoms with Gasteiger partial charge in [0, 0.05) is 30.1 Å². The Morgan fingerprint density at radius 2 is 1.69 bits per heavy atom. The van der Waals surface area contributed by atoms with Crippen molar-refractivity contribution in [3.8, 4) is 11.1 Å². The highest BCUT2D eigenvalue weighted by atomic mass is 19.3. The number of carbonyl (C=O) groups is 1. The monoisotopic (exact) mass is 475 g/mol. The molecule has 4 rings (SSSR count). The Balaban J connectivity index is 1.45. The fourth-order valence-electron chi connectivity index (χ4n) is 3.75. The van der Waals surface area contributed by atoms with Crippen molar-refractivity contribution < 1.29 is 13.6 Å². The molecule has 0 aliphatic heterocycles. The smallest absolute Gasteiger partial charge is 0.309 e. The third-order valence-electron chi connectivity index (χ3n) is 5.82. The molecule has 35 heavy (non-hydrogen) atoms. The number of pyridine rings is 1. The van der Waals surface area contributed by atoms with E-state index in [0.29, 0.717) is 28.2 Å². The molecular formula is C27H27F2N5O. The molecule has 0 aliphatic rings. The Kier molecular flexibility index (Phi) is 7.62. The van der Waals surface area contributed by atoms with Crippen molar-refractivity contribution in [1.82, 2.24) is 20.1 Å². The molecule has 2 aromatic carbocycles. The lowest BCUT2D eigenvalue weighted by Gasteiger charge is -2.21. The van der Waals surface area contributed by atoms with Crippen molar-refractivity contribution in [2.75, 3.05) is 11.9 Å². The molecule has 1 amide bonds. The fourth-order valence-corrected chi connectivity index (χ4v) is 3.75. The molecule has 0 fully saturated rings. The van der Waals surface area contributed by atoms with Gasteiger partial charge >= 0.3 is 6.55 Å². The predicted molar refractivity (Wildman–Crippen MR) is 132 cm³/mol. The average molecular weight is 476 g/mol. The molecule has 0 aliphatic carbocycles. The van der Waals surface area contributed by atoms with Gasteiger partial charge in [0.2, 0.25) is 5.91 Å². The Bertz CT molecular complexity index is 1240. The molecule has 0 radical (unpaired) electrons. The average Bonchev–Trinajstić information content (AvgIpc) is 3.36. The minimum Gasteiger partial charge on any atom is -0.309 e. The highest BCUT2D eigenvalue weighted by molar-refractivity contribution is 5.95. The van der Waals surface area contributed by atoms with E-state index in [9.17, 15) is 13.6 Å². The topological polar surface area (TPSA) is 71.8 Å². The van der Waals surface area contributed by atoms with Gasteiger partial charge in [0.15, 0.2) is 0 Å². The standard InChI is InChI=1S/C27H27F2N5O/c1-18-8-10-20(11-9-18)19(2)14-31-25(21-6-4-3-5-7-21)26(35)33-24-13-12-22(15-30-24)23-16-32-34(17-23)27(28)29/h3-13,15-17,19,25,27,31H,14H2,1-2H3,(H,30,33,35)/t19-,25+/m1/s1. The van der Waals surface area contributed by atoms with Gasteiger partial charge in [0.25, 0.3) is 0 Å². The SMILES string of the molecule is Cc1ccc([C@H](C)CN[C@H](C(=O)Nc2ccc(-c3cnn(C(F)F)c3)cn2)c2ccccc2)cc1. The van der Waals surface area contributed by atoms with Crippen LogP contribution in [0.15, 0.2) is 85.3 Å². The van der Waals surface area contributed by atoms with Crippen molar-refractivity contribution in [3.63, 3.8) is 0 Å². The van der Waals surface area contributed by atoms with Gasteiger partial charge in [0.05, 0.1) is 6.20 Å². The van der Waals surface area contributed by atoms with E-state index in [0.717, 1.165) is 5.56 Å². The number of benzene rings is 2. The maximum atomic E-state index is 13.2. The first-order valence-corrected chi connectivity index (χ1v) is 11.3. The van der Waals surface area contributed by atoms with E-state index in [1.165, 1.54) is 29.7 Å². The summed E-state index contributed by atoms with van der Waals surface area (Å²) in [6, 6.07) is 20.7. The molecule has 4 aromatic rings. The molecular weight excluding hydrogens is 448 g/mol. The van der Waals surface area contributed by atoms with Gasteiger partial charge in [-0.1, -0.05) is 67.1 Å². The number of carbonyl (C=O) groups excluding carboxylic acids is 1. The normalized spacial score (nSPS) is 12.9. The molecule has 8 heteroatoms. The number of rotatable bonds is 9. The summed E-state index contributed by atoms with van der Waals surface area (Å²) in [5, 5.41) is 9.90. The summed E-state index contributed by atoms with van der Waals surface area (Å²) in [5.74, 6) is 0.341. The zero-order valence-corrected chi connectivity index (χ0v) is 19.5. The summed E-state index contributed by atoms with van der Waals surface area (Å²) < 4.78 is 26.1. The van der Waals surface area contributed by atoms with Crippen LogP contribution in [0.2, 0.25) is 0 Å². The van der Waals surface area contributed by atoms with Crippen molar-refractivity contribution >= 4 is 11.7 Å². The van der Waals surface area contributed by atoms with Gasteiger partial charge in [-0.05, 0) is 36.1 Å². The van der Waals surface area contributed by atoms with Gasteiger partial charge in [-0.2, -0.15) is 13.9 Å². The molecule has 6 nitrogen and oxygen atoms in total. The first-order valence-electron chi connectivity index (χ1n) is 11.3. The maximum absolute atomic E-state index is 13.2. The number of hydrogen-bond donors (Lipinski definition) is 2. The molecule has 0 spiro atoms. The zero-order chi connectivity index (χ0) is 24.8. The lowest BCUT2D eigenvalue weighted by atomic mass is 9.98. The highest BCUT2D eigenvalue weighted by Crippen LogP contribution is 2.23. The minimum absolute atomic E-state index is 0.209. The van der Waals surface area contributed by atoms with E-state index in [2.05, 4.69) is 58.8 Å². The Labute approximate surface area is 203 Å². The summed E-state index contributed by atoms with van der Waals surface area (Å²) in [6.45, 7) is 2.08. The van der Waals surface area contributed by atoms with Crippen LogP contribution in [0, 0.1) is 6.92 Å². The Hall–Kier alpha value is -3.91. The number of aromatic nitrogens is 3. The van der Waals surface area contributed by atoms with Crippen molar-refractivity contribution in [1.29, 1.82) is 0 Å². The number of anilines is 1. The van der Waals surface area contributed by atoms with Crippen molar-refractivity contribution in [2.45, 2.75) is 32.4 Å². The molecule has 2 aromatic heterocycles. The summed E-state index contributed by atoms with van der Waals surface area (Å²) in [7, 11) is 0. The summed E-state index contributed by atoms with van der Waals surface area (Å²) in [4.78, 5) is 17.5. The van der Waals surface area contributed by atoms with Crippen LogP contribution in [0.25, 0.3) is 11.1 Å². The van der Waals surface area contributed by atoms with Crippen LogP contribution in [0.4, 0.5) is 14.6 Å². The van der Waals surface area contributed by atoms with Crippen LogP contribution in [0.5, 0.6) is 0 Å². The van der Waals surface area contributed by atoms with Crippen LogP contribution in [0.3, 0.4) is 0 Å². The lowest BCUT2D eigenvalue weighted by molar-refractivity contribution is -0.118. The van der Waals surface area contributed by atoms with Crippen molar-refractivity contribution in [3.05, 3.63) is 102 Å². The van der Waals surface area contributed by atoms with Gasteiger partial charge < -0.3 is 10.6 Å². The van der Waals surface area contributed by atoms with Crippen LogP contribution in [0.1, 0.15) is 42.1 Å². The lowest BCUT2D eigenvalue weighted by Crippen LogP contribution is -2.35. The summed E-state index contributed by atoms with van der Waals surface area (Å²) in [6.07, 6.45) is 4.13. The van der Waals surface area contributed by atoms with E-state index in [1.807, 2.05) is 30.3 Å². The molecule has 0 unspecified atom stereocenters. The largest absolute Gasteiger partial charge is 0.333 e. The molecule has 0 saturated carbocycles. The quantitative estimate of drug-likeness (QED) is 0.325. The molecule has 0 saturated heterocycles. The van der Waals surface area contributed by atoms with Gasteiger partial charge in [-0.25, -0.2) is 9.67 Å². The van der Waals surface area contributed by atoms with E-state index in [4.69, 9.17) is 0 Å². The van der Waals surface area contributed by atoms with Gasteiger partial charge in [0.1, 0.15) is 11.9 Å². The third kappa shape index (κ3) is 6.16. The molecule has 2 N–H and O–H groups in total. The minimum atomic E-state index is -2.70. The molecule has 180 valence electrons. The van der Waals surface area contributed by atoms with Gasteiger partial charge in [-0.3, -0.25) is 4.79 Å².